The minimum absolute atomic E-state index is 0.00818. The van der Waals surface area contributed by atoms with Crippen molar-refractivity contribution >= 4 is 23.2 Å². The molecule has 3 rings (SSSR count). The first-order valence-electron chi connectivity index (χ1n) is 10.1. The molecule has 1 aliphatic carbocycles. The van der Waals surface area contributed by atoms with E-state index in [0.29, 0.717) is 43.7 Å². The van der Waals surface area contributed by atoms with Crippen molar-refractivity contribution in [3.63, 3.8) is 0 Å². The summed E-state index contributed by atoms with van der Waals surface area (Å²) in [6.45, 7) is 2.46. The number of nitrogens with one attached hydrogen (secondary N) is 2. The molecule has 0 radical (unpaired) electrons. The molecule has 0 saturated heterocycles. The second kappa shape index (κ2) is 9.96. The molecule has 1 fully saturated rings. The van der Waals surface area contributed by atoms with Gasteiger partial charge in [-0.25, -0.2) is 0 Å². The Morgan fingerprint density at radius 1 is 0.897 bits per heavy atom. The quantitative estimate of drug-likeness (QED) is 0.724. The van der Waals surface area contributed by atoms with Crippen molar-refractivity contribution in [1.29, 1.82) is 0 Å². The first-order chi connectivity index (χ1) is 14.1. The van der Waals surface area contributed by atoms with Crippen LogP contribution in [0.4, 0.5) is 11.4 Å². The fourth-order valence-corrected chi connectivity index (χ4v) is 3.62. The maximum atomic E-state index is 12.7. The topological polar surface area (TPSA) is 76.7 Å². The molecule has 0 bridgehead atoms. The van der Waals surface area contributed by atoms with Gasteiger partial charge in [-0.1, -0.05) is 12.1 Å². The number of methoxy groups -OCH3 is 1. The number of carbonyl (C=O) groups excluding carboxylic acids is 2. The van der Waals surface area contributed by atoms with E-state index in [-0.39, 0.29) is 23.7 Å². The van der Waals surface area contributed by atoms with Crippen LogP contribution in [0.1, 0.15) is 32.6 Å². The lowest BCUT2D eigenvalue weighted by Gasteiger charge is -2.27. The maximum Gasteiger partial charge on any atom is 0.227 e. The summed E-state index contributed by atoms with van der Waals surface area (Å²) >= 11 is 0. The van der Waals surface area contributed by atoms with E-state index in [1.165, 1.54) is 0 Å². The van der Waals surface area contributed by atoms with Crippen LogP contribution in [-0.2, 0) is 9.59 Å². The minimum Gasteiger partial charge on any atom is -0.497 e. The van der Waals surface area contributed by atoms with Crippen LogP contribution in [0.25, 0.3) is 0 Å². The fourth-order valence-electron chi connectivity index (χ4n) is 3.62. The lowest BCUT2D eigenvalue weighted by Crippen LogP contribution is -2.32. The second-order valence-corrected chi connectivity index (χ2v) is 7.18. The number of para-hydroxylation sites is 2. The van der Waals surface area contributed by atoms with Crippen molar-refractivity contribution < 1.29 is 19.1 Å². The third-order valence-electron chi connectivity index (χ3n) is 5.27. The maximum absolute atomic E-state index is 12.7. The number of hydrogen-bond acceptors (Lipinski definition) is 4. The summed E-state index contributed by atoms with van der Waals surface area (Å²) in [6, 6.07) is 14.7. The molecule has 2 amide bonds. The minimum atomic E-state index is -0.0882. The van der Waals surface area contributed by atoms with E-state index < -0.39 is 0 Å². The molecule has 2 aromatic carbocycles. The van der Waals surface area contributed by atoms with Gasteiger partial charge in [0.05, 0.1) is 19.4 Å². The molecule has 29 heavy (non-hydrogen) atoms. The van der Waals surface area contributed by atoms with Crippen molar-refractivity contribution in [2.45, 2.75) is 32.6 Å². The third kappa shape index (κ3) is 5.50. The molecule has 0 unspecified atom stereocenters. The first kappa shape index (κ1) is 20.7. The van der Waals surface area contributed by atoms with Crippen LogP contribution in [0.2, 0.25) is 0 Å². The molecular formula is C23H28N2O4. The number of benzene rings is 2. The normalized spacial score (nSPS) is 18.6. The molecular weight excluding hydrogens is 368 g/mol. The Balaban J connectivity index is 1.50. The summed E-state index contributed by atoms with van der Waals surface area (Å²) in [4.78, 5) is 25.2. The number of carbonyl (C=O) groups is 2. The Labute approximate surface area is 171 Å². The molecule has 6 nitrogen and oxygen atoms in total. The van der Waals surface area contributed by atoms with Crippen LogP contribution < -0.4 is 20.1 Å². The van der Waals surface area contributed by atoms with Crippen molar-refractivity contribution in [3.05, 3.63) is 48.5 Å². The van der Waals surface area contributed by atoms with E-state index in [4.69, 9.17) is 9.47 Å². The van der Waals surface area contributed by atoms with Crippen LogP contribution in [0.15, 0.2) is 48.5 Å². The van der Waals surface area contributed by atoms with Crippen LogP contribution in [0.5, 0.6) is 11.5 Å². The molecule has 0 aromatic heterocycles. The van der Waals surface area contributed by atoms with Gasteiger partial charge in [-0.05, 0) is 69.0 Å². The summed E-state index contributed by atoms with van der Waals surface area (Å²) in [6.07, 6.45) is 2.80. The predicted molar refractivity (Wildman–Crippen MR) is 113 cm³/mol. The van der Waals surface area contributed by atoms with Gasteiger partial charge in [-0.2, -0.15) is 0 Å². The highest BCUT2D eigenvalue weighted by Crippen LogP contribution is 2.32. The van der Waals surface area contributed by atoms with E-state index in [9.17, 15) is 9.59 Å². The number of hydrogen-bond donors (Lipinski definition) is 2. The van der Waals surface area contributed by atoms with Gasteiger partial charge >= 0.3 is 0 Å². The number of rotatable bonds is 7. The Morgan fingerprint density at radius 3 is 2.07 bits per heavy atom. The molecule has 1 aliphatic rings. The van der Waals surface area contributed by atoms with E-state index in [2.05, 4.69) is 10.6 Å². The number of ether oxygens (including phenoxy) is 2. The molecule has 6 heteroatoms. The van der Waals surface area contributed by atoms with E-state index in [1.807, 2.05) is 55.5 Å². The lowest BCUT2D eigenvalue weighted by atomic mass is 9.81. The fraction of sp³-hybridized carbons (Fsp3) is 0.391. The largest absolute Gasteiger partial charge is 0.497 e. The molecule has 1 saturated carbocycles. The summed E-state index contributed by atoms with van der Waals surface area (Å²) in [7, 11) is 1.61. The first-order valence-corrected chi connectivity index (χ1v) is 10.1. The van der Waals surface area contributed by atoms with Crippen molar-refractivity contribution in [2.75, 3.05) is 24.4 Å². The standard InChI is InChI=1S/C23H28N2O4/c1-3-29-21-7-5-4-6-20(21)25-23(27)17-10-8-16(9-11-17)22(26)24-18-12-14-19(28-2)15-13-18/h4-7,12-17H,3,8-11H2,1-2H3,(H,24,26)(H,25,27). The van der Waals surface area contributed by atoms with Crippen LogP contribution in [0, 0.1) is 11.8 Å². The predicted octanol–water partition coefficient (Wildman–Crippen LogP) is 4.48. The summed E-state index contributed by atoms with van der Waals surface area (Å²) in [5, 5.41) is 5.94. The average Bonchev–Trinajstić information content (AvgIpc) is 2.76. The Bertz CT molecular complexity index is 827. The Kier molecular flexibility index (Phi) is 7.11. The molecule has 0 atom stereocenters. The molecule has 0 heterocycles. The van der Waals surface area contributed by atoms with E-state index in [0.717, 1.165) is 11.4 Å². The van der Waals surface area contributed by atoms with Gasteiger partial charge in [-0.15, -0.1) is 0 Å². The molecule has 0 aliphatic heterocycles. The lowest BCUT2D eigenvalue weighted by molar-refractivity contribution is -0.125. The zero-order valence-electron chi connectivity index (χ0n) is 16.9. The van der Waals surface area contributed by atoms with Gasteiger partial charge in [-0.3, -0.25) is 9.59 Å². The summed E-state index contributed by atoms with van der Waals surface area (Å²) in [5.41, 5.74) is 1.45. The van der Waals surface area contributed by atoms with Gasteiger partial charge in [0, 0.05) is 17.5 Å². The van der Waals surface area contributed by atoms with Crippen LogP contribution >= 0.6 is 0 Å². The Morgan fingerprint density at radius 2 is 1.48 bits per heavy atom. The average molecular weight is 396 g/mol. The van der Waals surface area contributed by atoms with E-state index >= 15 is 0 Å². The molecule has 154 valence electrons. The van der Waals surface area contributed by atoms with Gasteiger partial charge in [0.1, 0.15) is 11.5 Å². The van der Waals surface area contributed by atoms with Crippen molar-refractivity contribution in [3.8, 4) is 11.5 Å². The van der Waals surface area contributed by atoms with Crippen LogP contribution in [-0.4, -0.2) is 25.5 Å². The zero-order valence-corrected chi connectivity index (χ0v) is 16.9. The van der Waals surface area contributed by atoms with Gasteiger partial charge in [0.15, 0.2) is 0 Å². The van der Waals surface area contributed by atoms with Crippen molar-refractivity contribution in [1.82, 2.24) is 0 Å². The zero-order chi connectivity index (χ0) is 20.6. The smallest absolute Gasteiger partial charge is 0.227 e. The van der Waals surface area contributed by atoms with Gasteiger partial charge in [0.2, 0.25) is 11.8 Å². The third-order valence-corrected chi connectivity index (χ3v) is 5.27. The number of anilines is 2. The highest BCUT2D eigenvalue weighted by Gasteiger charge is 2.30. The SMILES string of the molecule is CCOc1ccccc1NC(=O)C1CCC(C(=O)Nc2ccc(OC)cc2)CC1. The number of amides is 2. The monoisotopic (exact) mass is 396 g/mol. The van der Waals surface area contributed by atoms with Crippen LogP contribution in [0.3, 0.4) is 0 Å². The molecule has 0 spiro atoms. The van der Waals surface area contributed by atoms with Gasteiger partial charge < -0.3 is 20.1 Å². The summed E-state index contributed by atoms with van der Waals surface area (Å²) < 4.78 is 10.7. The van der Waals surface area contributed by atoms with E-state index in [1.54, 1.807) is 7.11 Å². The molecule has 2 N–H and O–H groups in total. The Hall–Kier alpha value is -3.02. The highest BCUT2D eigenvalue weighted by molar-refractivity contribution is 5.95. The molecule has 2 aromatic rings. The highest BCUT2D eigenvalue weighted by atomic mass is 16.5. The second-order valence-electron chi connectivity index (χ2n) is 7.18. The van der Waals surface area contributed by atoms with Crippen molar-refractivity contribution in [2.24, 2.45) is 11.8 Å². The van der Waals surface area contributed by atoms with Gasteiger partial charge in [0.25, 0.3) is 0 Å². The summed E-state index contributed by atoms with van der Waals surface area (Å²) in [5.74, 6) is 1.27.